The second-order valence-electron chi connectivity index (χ2n) is 4.41. The Hall–Kier alpha value is -0.840. The molecule has 3 nitrogen and oxygen atoms in total. The van der Waals surface area contributed by atoms with Gasteiger partial charge in [0.25, 0.3) is 0 Å². The van der Waals surface area contributed by atoms with Crippen molar-refractivity contribution in [2.45, 2.75) is 25.9 Å². The van der Waals surface area contributed by atoms with Crippen molar-refractivity contribution in [3.63, 3.8) is 0 Å². The molecule has 1 unspecified atom stereocenters. The van der Waals surface area contributed by atoms with Crippen LogP contribution in [0.15, 0.2) is 17.5 Å². The van der Waals surface area contributed by atoms with Crippen molar-refractivity contribution in [1.29, 1.82) is 0 Å². The number of rotatable bonds is 3. The van der Waals surface area contributed by atoms with Gasteiger partial charge in [-0.2, -0.15) is 5.10 Å². The summed E-state index contributed by atoms with van der Waals surface area (Å²) in [4.78, 5) is 0.941. The molecule has 0 saturated carbocycles. The molecule has 2 heterocycles. The molecule has 1 N–H and O–H groups in total. The zero-order chi connectivity index (χ0) is 12.6. The quantitative estimate of drug-likeness (QED) is 0.931. The fraction of sp³-hybridized carbons (Fsp3) is 0.417. The molecule has 0 radical (unpaired) electrons. The van der Waals surface area contributed by atoms with Gasteiger partial charge in [-0.3, -0.25) is 4.68 Å². The lowest BCUT2D eigenvalue weighted by Gasteiger charge is -2.21. The number of hydrogen-bond acceptors (Lipinski definition) is 3. The van der Waals surface area contributed by atoms with E-state index in [4.69, 9.17) is 11.6 Å². The van der Waals surface area contributed by atoms with Gasteiger partial charge in [0.15, 0.2) is 0 Å². The SMILES string of the molecule is Cc1nn(C)c(Cl)c1CC(C)(O)c1cccs1. The van der Waals surface area contributed by atoms with Crippen LogP contribution in [0, 0.1) is 6.92 Å². The Morgan fingerprint density at radius 1 is 1.59 bits per heavy atom. The minimum atomic E-state index is -0.897. The lowest BCUT2D eigenvalue weighted by molar-refractivity contribution is 0.0613. The summed E-state index contributed by atoms with van der Waals surface area (Å²) in [6.07, 6.45) is 0.478. The van der Waals surface area contributed by atoms with E-state index in [1.54, 1.807) is 23.1 Å². The van der Waals surface area contributed by atoms with E-state index in [1.807, 2.05) is 31.4 Å². The van der Waals surface area contributed by atoms with E-state index in [1.165, 1.54) is 0 Å². The standard InChI is InChI=1S/C12H15ClN2OS/c1-8-9(11(13)15(3)14-8)7-12(2,16)10-5-4-6-17-10/h4-6,16H,7H2,1-3H3. The van der Waals surface area contributed by atoms with Crippen LogP contribution in [0.25, 0.3) is 0 Å². The first kappa shape index (κ1) is 12.6. The van der Waals surface area contributed by atoms with Gasteiger partial charge < -0.3 is 5.11 Å². The van der Waals surface area contributed by atoms with Crippen molar-refractivity contribution in [2.75, 3.05) is 0 Å². The summed E-state index contributed by atoms with van der Waals surface area (Å²) in [5, 5.41) is 17.3. The van der Waals surface area contributed by atoms with E-state index in [-0.39, 0.29) is 0 Å². The number of halogens is 1. The van der Waals surface area contributed by atoms with Crippen molar-refractivity contribution < 1.29 is 5.11 Å². The second-order valence-corrected chi connectivity index (χ2v) is 5.71. The molecular weight excluding hydrogens is 256 g/mol. The minimum absolute atomic E-state index is 0.478. The number of aryl methyl sites for hydroxylation is 2. The molecule has 0 fully saturated rings. The van der Waals surface area contributed by atoms with Crippen LogP contribution in [-0.2, 0) is 19.1 Å². The van der Waals surface area contributed by atoms with E-state index in [0.29, 0.717) is 11.6 Å². The largest absolute Gasteiger partial charge is 0.384 e. The highest BCUT2D eigenvalue weighted by Gasteiger charge is 2.28. The highest BCUT2D eigenvalue weighted by atomic mass is 35.5. The molecule has 0 aliphatic rings. The fourth-order valence-electron chi connectivity index (χ4n) is 1.89. The van der Waals surface area contributed by atoms with Gasteiger partial charge >= 0.3 is 0 Å². The molecule has 0 aromatic carbocycles. The summed E-state index contributed by atoms with van der Waals surface area (Å²) in [5.41, 5.74) is 0.882. The third-order valence-corrected chi connectivity index (χ3v) is 4.44. The summed E-state index contributed by atoms with van der Waals surface area (Å²) in [5.74, 6) is 0. The predicted molar refractivity (Wildman–Crippen MR) is 70.5 cm³/mol. The molecule has 0 aliphatic heterocycles. The number of aromatic nitrogens is 2. The Morgan fingerprint density at radius 3 is 2.76 bits per heavy atom. The molecule has 2 rings (SSSR count). The molecule has 0 saturated heterocycles. The lowest BCUT2D eigenvalue weighted by atomic mass is 9.95. The first-order valence-corrected chi connectivity index (χ1v) is 6.62. The Bertz CT molecular complexity index is 517. The summed E-state index contributed by atoms with van der Waals surface area (Å²) in [7, 11) is 1.80. The average molecular weight is 271 g/mol. The Kier molecular flexibility index (Phi) is 3.30. The Labute approximate surface area is 110 Å². The molecule has 17 heavy (non-hydrogen) atoms. The van der Waals surface area contributed by atoms with E-state index in [2.05, 4.69) is 5.10 Å². The van der Waals surface area contributed by atoms with E-state index >= 15 is 0 Å². The van der Waals surface area contributed by atoms with Gasteiger partial charge in [-0.05, 0) is 25.3 Å². The van der Waals surface area contributed by atoms with Crippen LogP contribution in [-0.4, -0.2) is 14.9 Å². The summed E-state index contributed by atoms with van der Waals surface area (Å²) < 4.78 is 1.64. The van der Waals surface area contributed by atoms with Gasteiger partial charge in [0.1, 0.15) is 10.8 Å². The van der Waals surface area contributed by atoms with Gasteiger partial charge in [0.2, 0.25) is 0 Å². The normalized spacial score (nSPS) is 14.9. The summed E-state index contributed by atoms with van der Waals surface area (Å²) in [6, 6.07) is 3.87. The zero-order valence-electron chi connectivity index (χ0n) is 10.1. The molecule has 1 atom stereocenters. The molecule has 2 aromatic heterocycles. The first-order chi connectivity index (χ1) is 7.92. The third-order valence-electron chi connectivity index (χ3n) is 2.84. The molecule has 0 bridgehead atoms. The summed E-state index contributed by atoms with van der Waals surface area (Å²) >= 11 is 7.72. The van der Waals surface area contributed by atoms with E-state index < -0.39 is 5.60 Å². The Morgan fingerprint density at radius 2 is 2.29 bits per heavy atom. The Balaban J connectivity index is 2.32. The van der Waals surface area contributed by atoms with Crippen LogP contribution in [0.4, 0.5) is 0 Å². The van der Waals surface area contributed by atoms with Gasteiger partial charge in [0.05, 0.1) is 5.69 Å². The molecule has 0 aliphatic carbocycles. The monoisotopic (exact) mass is 270 g/mol. The topological polar surface area (TPSA) is 38.0 Å². The van der Waals surface area contributed by atoms with Gasteiger partial charge in [0, 0.05) is 23.9 Å². The molecule has 92 valence electrons. The number of aliphatic hydroxyl groups is 1. The maximum atomic E-state index is 10.5. The molecule has 5 heteroatoms. The number of nitrogens with zero attached hydrogens (tertiary/aromatic N) is 2. The third kappa shape index (κ3) is 2.39. The van der Waals surface area contributed by atoms with Gasteiger partial charge in [-0.25, -0.2) is 0 Å². The number of thiophene rings is 1. The van der Waals surface area contributed by atoms with Crippen LogP contribution >= 0.6 is 22.9 Å². The van der Waals surface area contributed by atoms with Crippen molar-refractivity contribution in [3.05, 3.63) is 38.8 Å². The van der Waals surface area contributed by atoms with Crippen molar-refractivity contribution in [3.8, 4) is 0 Å². The van der Waals surface area contributed by atoms with Crippen LogP contribution in [0.3, 0.4) is 0 Å². The number of hydrogen-bond donors (Lipinski definition) is 1. The van der Waals surface area contributed by atoms with Crippen molar-refractivity contribution in [2.24, 2.45) is 7.05 Å². The maximum Gasteiger partial charge on any atom is 0.130 e. The van der Waals surface area contributed by atoms with Crippen molar-refractivity contribution in [1.82, 2.24) is 9.78 Å². The zero-order valence-corrected chi connectivity index (χ0v) is 11.6. The molecular formula is C12H15ClN2OS. The molecule has 2 aromatic rings. The smallest absolute Gasteiger partial charge is 0.130 e. The second kappa shape index (κ2) is 4.44. The fourth-order valence-corrected chi connectivity index (χ4v) is 2.92. The highest BCUT2D eigenvalue weighted by Crippen LogP contribution is 2.32. The minimum Gasteiger partial charge on any atom is -0.384 e. The molecule has 0 spiro atoms. The van der Waals surface area contributed by atoms with Gasteiger partial charge in [-0.15, -0.1) is 11.3 Å². The first-order valence-electron chi connectivity index (χ1n) is 5.36. The van der Waals surface area contributed by atoms with Crippen LogP contribution in [0.1, 0.15) is 23.1 Å². The lowest BCUT2D eigenvalue weighted by Crippen LogP contribution is -2.23. The summed E-state index contributed by atoms with van der Waals surface area (Å²) in [6.45, 7) is 3.72. The average Bonchev–Trinajstić information content (AvgIpc) is 2.84. The maximum absolute atomic E-state index is 10.5. The highest BCUT2D eigenvalue weighted by molar-refractivity contribution is 7.10. The van der Waals surface area contributed by atoms with Gasteiger partial charge in [-0.1, -0.05) is 17.7 Å². The van der Waals surface area contributed by atoms with Crippen LogP contribution in [0.5, 0.6) is 0 Å². The molecule has 0 amide bonds. The van der Waals surface area contributed by atoms with Crippen LogP contribution < -0.4 is 0 Å². The van der Waals surface area contributed by atoms with Crippen molar-refractivity contribution >= 4 is 22.9 Å². The van der Waals surface area contributed by atoms with Crippen LogP contribution in [0.2, 0.25) is 5.15 Å². The van der Waals surface area contributed by atoms with E-state index in [0.717, 1.165) is 16.1 Å². The van der Waals surface area contributed by atoms with E-state index in [9.17, 15) is 5.11 Å². The predicted octanol–water partition coefficient (Wildman–Crippen LogP) is 2.89.